The number of benzene rings is 1. The van der Waals surface area contributed by atoms with Crippen LogP contribution in [0.2, 0.25) is 0 Å². The molecule has 0 saturated carbocycles. The molecule has 0 bridgehead atoms. The molecule has 0 aliphatic carbocycles. The van der Waals surface area contributed by atoms with Crippen molar-refractivity contribution in [2.75, 3.05) is 44.4 Å². The van der Waals surface area contributed by atoms with Crippen LogP contribution in [-0.4, -0.2) is 50.0 Å². The number of morpholine rings is 1. The second-order valence-electron chi connectivity index (χ2n) is 4.47. The van der Waals surface area contributed by atoms with Crippen LogP contribution >= 0.6 is 11.8 Å². The highest BCUT2D eigenvalue weighted by atomic mass is 32.2. The van der Waals surface area contributed by atoms with Crippen LogP contribution in [0.4, 0.5) is 5.69 Å². The monoisotopic (exact) mass is 266 g/mol. The Morgan fingerprint density at radius 2 is 2.28 bits per heavy atom. The van der Waals surface area contributed by atoms with Gasteiger partial charge < -0.3 is 10.1 Å². The number of anilines is 1. The van der Waals surface area contributed by atoms with Gasteiger partial charge in [-0.2, -0.15) is 0 Å². The van der Waals surface area contributed by atoms with Gasteiger partial charge in [-0.05, 0) is 24.9 Å². The van der Waals surface area contributed by atoms with Crippen molar-refractivity contribution < 1.29 is 4.74 Å². The minimum atomic E-state index is 0.300. The highest BCUT2D eigenvalue weighted by Gasteiger charge is 2.18. The van der Waals surface area contributed by atoms with Crippen LogP contribution in [0.5, 0.6) is 0 Å². The number of para-hydroxylation sites is 1. The van der Waals surface area contributed by atoms with Crippen LogP contribution in [0.1, 0.15) is 6.92 Å². The van der Waals surface area contributed by atoms with E-state index in [9.17, 15) is 0 Å². The minimum Gasteiger partial charge on any atom is -0.381 e. The van der Waals surface area contributed by atoms with Crippen molar-refractivity contribution in [2.45, 2.75) is 17.9 Å². The van der Waals surface area contributed by atoms with Gasteiger partial charge in [0.05, 0.1) is 12.7 Å². The Balaban J connectivity index is 1.87. The largest absolute Gasteiger partial charge is 0.381 e. The number of hydrogen-bond acceptors (Lipinski definition) is 4. The zero-order valence-electron chi connectivity index (χ0n) is 11.2. The van der Waals surface area contributed by atoms with E-state index in [1.165, 1.54) is 10.6 Å². The average molecular weight is 266 g/mol. The summed E-state index contributed by atoms with van der Waals surface area (Å²) in [4.78, 5) is 3.73. The number of thioether (sulfide) groups is 1. The highest BCUT2D eigenvalue weighted by Crippen LogP contribution is 2.24. The number of ether oxygens (including phenoxy) is 1. The number of nitrogens with zero attached hydrogens (tertiary/aromatic N) is 1. The second-order valence-corrected chi connectivity index (χ2v) is 5.32. The maximum absolute atomic E-state index is 5.79. The molecular weight excluding hydrogens is 244 g/mol. The lowest BCUT2D eigenvalue weighted by Crippen LogP contribution is -2.45. The maximum atomic E-state index is 5.79. The van der Waals surface area contributed by atoms with Crippen molar-refractivity contribution in [1.82, 2.24) is 4.90 Å². The zero-order chi connectivity index (χ0) is 12.8. The molecule has 1 atom stereocenters. The van der Waals surface area contributed by atoms with Crippen LogP contribution in [0.15, 0.2) is 29.2 Å². The van der Waals surface area contributed by atoms with E-state index in [0.717, 1.165) is 32.8 Å². The molecule has 0 amide bonds. The third-order valence-corrected chi connectivity index (χ3v) is 4.09. The Kier molecular flexibility index (Phi) is 5.35. The molecule has 1 aromatic rings. The van der Waals surface area contributed by atoms with E-state index in [2.05, 4.69) is 47.7 Å². The van der Waals surface area contributed by atoms with Gasteiger partial charge in [0.25, 0.3) is 0 Å². The van der Waals surface area contributed by atoms with Crippen LogP contribution < -0.4 is 5.32 Å². The molecule has 100 valence electrons. The van der Waals surface area contributed by atoms with Gasteiger partial charge in [-0.15, -0.1) is 11.8 Å². The zero-order valence-corrected chi connectivity index (χ0v) is 12.0. The molecule has 0 spiro atoms. The minimum absolute atomic E-state index is 0.300. The number of rotatable bonds is 5. The maximum Gasteiger partial charge on any atom is 0.0874 e. The highest BCUT2D eigenvalue weighted by molar-refractivity contribution is 7.98. The van der Waals surface area contributed by atoms with Crippen molar-refractivity contribution >= 4 is 17.4 Å². The standard InChI is InChI=1S/C14H22N2OS/c1-3-16-8-9-17-12(11-16)10-15-13-6-4-5-7-14(13)18-2/h4-7,12,15H,3,8-11H2,1-2H3. The van der Waals surface area contributed by atoms with E-state index in [4.69, 9.17) is 4.74 Å². The quantitative estimate of drug-likeness (QED) is 0.828. The summed E-state index contributed by atoms with van der Waals surface area (Å²) in [5, 5.41) is 3.51. The van der Waals surface area contributed by atoms with Crippen LogP contribution in [0, 0.1) is 0 Å². The van der Waals surface area contributed by atoms with Gasteiger partial charge in [-0.25, -0.2) is 0 Å². The Labute approximate surface area is 114 Å². The molecule has 1 heterocycles. The van der Waals surface area contributed by atoms with E-state index in [-0.39, 0.29) is 0 Å². The molecule has 4 heteroatoms. The Morgan fingerprint density at radius 1 is 1.44 bits per heavy atom. The fraction of sp³-hybridized carbons (Fsp3) is 0.571. The molecule has 2 rings (SSSR count). The topological polar surface area (TPSA) is 24.5 Å². The van der Waals surface area contributed by atoms with Gasteiger partial charge in [0.1, 0.15) is 0 Å². The van der Waals surface area contributed by atoms with Gasteiger partial charge >= 0.3 is 0 Å². The van der Waals surface area contributed by atoms with E-state index < -0.39 is 0 Å². The summed E-state index contributed by atoms with van der Waals surface area (Å²) in [5.41, 5.74) is 1.21. The fourth-order valence-electron chi connectivity index (χ4n) is 2.21. The third kappa shape index (κ3) is 3.64. The molecule has 1 unspecified atom stereocenters. The normalized spacial score (nSPS) is 20.9. The molecular formula is C14H22N2OS. The second kappa shape index (κ2) is 7.02. The third-order valence-electron chi connectivity index (χ3n) is 3.30. The average Bonchev–Trinajstić information content (AvgIpc) is 2.45. The first kappa shape index (κ1) is 13.7. The van der Waals surface area contributed by atoms with Gasteiger partial charge in [0.2, 0.25) is 0 Å². The van der Waals surface area contributed by atoms with Gasteiger partial charge in [-0.1, -0.05) is 19.1 Å². The van der Waals surface area contributed by atoms with E-state index >= 15 is 0 Å². The Bertz CT molecular complexity index is 373. The van der Waals surface area contributed by atoms with Crippen LogP contribution in [0.3, 0.4) is 0 Å². The van der Waals surface area contributed by atoms with Crippen LogP contribution in [-0.2, 0) is 4.74 Å². The first-order chi connectivity index (χ1) is 8.83. The van der Waals surface area contributed by atoms with Crippen molar-refractivity contribution in [3.8, 4) is 0 Å². The molecule has 1 saturated heterocycles. The predicted octanol–water partition coefficient (Wildman–Crippen LogP) is 2.54. The van der Waals surface area contributed by atoms with E-state index in [1.807, 2.05) is 0 Å². The Morgan fingerprint density at radius 3 is 3.06 bits per heavy atom. The molecule has 1 aromatic carbocycles. The summed E-state index contributed by atoms with van der Waals surface area (Å²) in [6.07, 6.45) is 2.41. The van der Waals surface area contributed by atoms with Gasteiger partial charge in [0.15, 0.2) is 0 Å². The molecule has 0 aromatic heterocycles. The lowest BCUT2D eigenvalue weighted by molar-refractivity contribution is -0.0192. The smallest absolute Gasteiger partial charge is 0.0874 e. The Hall–Kier alpha value is -0.710. The summed E-state index contributed by atoms with van der Waals surface area (Å²) in [6, 6.07) is 8.42. The van der Waals surface area contributed by atoms with Crippen molar-refractivity contribution in [1.29, 1.82) is 0 Å². The fourth-order valence-corrected chi connectivity index (χ4v) is 2.78. The molecule has 3 nitrogen and oxygen atoms in total. The van der Waals surface area contributed by atoms with E-state index in [1.54, 1.807) is 11.8 Å². The summed E-state index contributed by atoms with van der Waals surface area (Å²) in [6.45, 7) is 7.15. The first-order valence-corrected chi connectivity index (χ1v) is 7.76. The predicted molar refractivity (Wildman–Crippen MR) is 78.6 cm³/mol. The first-order valence-electron chi connectivity index (χ1n) is 6.54. The molecule has 1 aliphatic heterocycles. The SMILES string of the molecule is CCN1CCOC(CNc2ccccc2SC)C1. The lowest BCUT2D eigenvalue weighted by atomic mass is 10.2. The lowest BCUT2D eigenvalue weighted by Gasteiger charge is -2.32. The van der Waals surface area contributed by atoms with Crippen LogP contribution in [0.25, 0.3) is 0 Å². The number of likely N-dealkylation sites (N-methyl/N-ethyl adjacent to an activating group) is 1. The molecule has 18 heavy (non-hydrogen) atoms. The summed E-state index contributed by atoms with van der Waals surface area (Å²) >= 11 is 1.77. The molecule has 1 N–H and O–H groups in total. The van der Waals surface area contributed by atoms with Crippen molar-refractivity contribution in [3.05, 3.63) is 24.3 Å². The van der Waals surface area contributed by atoms with Gasteiger partial charge in [-0.3, -0.25) is 4.90 Å². The van der Waals surface area contributed by atoms with E-state index in [0.29, 0.717) is 6.10 Å². The molecule has 1 fully saturated rings. The number of hydrogen-bond donors (Lipinski definition) is 1. The molecule has 1 aliphatic rings. The molecule has 0 radical (unpaired) electrons. The van der Waals surface area contributed by atoms with Crippen molar-refractivity contribution in [2.24, 2.45) is 0 Å². The van der Waals surface area contributed by atoms with Gasteiger partial charge in [0, 0.05) is 30.2 Å². The summed E-state index contributed by atoms with van der Waals surface area (Å²) in [5.74, 6) is 0. The summed E-state index contributed by atoms with van der Waals surface area (Å²) < 4.78 is 5.79. The number of nitrogens with one attached hydrogen (secondary N) is 1. The summed E-state index contributed by atoms with van der Waals surface area (Å²) in [7, 11) is 0. The van der Waals surface area contributed by atoms with Crippen molar-refractivity contribution in [3.63, 3.8) is 0 Å².